The van der Waals surface area contributed by atoms with Crippen molar-refractivity contribution in [1.29, 1.82) is 0 Å². The number of aliphatic hydroxyl groups is 1. The Hall–Kier alpha value is -2.60. The lowest BCUT2D eigenvalue weighted by Crippen LogP contribution is -2.24. The number of aliphatic hydroxyl groups excluding tert-OH is 1. The largest absolute Gasteiger partial charge is 0.390 e. The van der Waals surface area contributed by atoms with Gasteiger partial charge in [-0.15, -0.1) is 0 Å². The van der Waals surface area contributed by atoms with Gasteiger partial charge in [-0.1, -0.05) is 36.6 Å². The lowest BCUT2D eigenvalue weighted by Gasteiger charge is -2.08. The number of rotatable bonds is 4. The van der Waals surface area contributed by atoms with Crippen molar-refractivity contribution in [2.45, 2.75) is 13.4 Å². The van der Waals surface area contributed by atoms with Gasteiger partial charge in [-0.05, 0) is 12.1 Å². The molecule has 0 unspecified atom stereocenters. The van der Waals surface area contributed by atoms with Crippen LogP contribution in [-0.4, -0.2) is 28.3 Å². The molecule has 22 heavy (non-hydrogen) atoms. The molecule has 0 aliphatic heterocycles. The van der Waals surface area contributed by atoms with Crippen molar-refractivity contribution in [3.63, 3.8) is 0 Å². The minimum Gasteiger partial charge on any atom is -0.390 e. The number of amides is 1. The molecule has 3 N–H and O–H groups in total. The van der Waals surface area contributed by atoms with Gasteiger partial charge in [0.15, 0.2) is 0 Å². The summed E-state index contributed by atoms with van der Waals surface area (Å²) >= 11 is 0. The summed E-state index contributed by atoms with van der Waals surface area (Å²) in [7, 11) is 1.90. The van der Waals surface area contributed by atoms with Gasteiger partial charge in [0.1, 0.15) is 12.9 Å². The van der Waals surface area contributed by atoms with Gasteiger partial charge in [-0.25, -0.2) is 4.98 Å². The van der Waals surface area contributed by atoms with Crippen molar-refractivity contribution < 1.29 is 9.90 Å². The number of hydrogen-bond acceptors (Lipinski definition) is 3. The van der Waals surface area contributed by atoms with Gasteiger partial charge in [-0.3, -0.25) is 4.79 Å². The molecule has 3 aromatic rings. The second kappa shape index (κ2) is 6.03. The quantitative estimate of drug-likeness (QED) is 0.640. The van der Waals surface area contributed by atoms with E-state index in [2.05, 4.69) is 15.3 Å². The van der Waals surface area contributed by atoms with Crippen LogP contribution in [0.2, 0.25) is 6.82 Å². The second-order valence-electron chi connectivity index (χ2n) is 4.94. The summed E-state index contributed by atoms with van der Waals surface area (Å²) < 4.78 is 0. The number of hydrogen-bond donors (Lipinski definition) is 3. The van der Waals surface area contributed by atoms with Crippen LogP contribution >= 0.6 is 0 Å². The molecular formula is C16H15BN3O2. The summed E-state index contributed by atoms with van der Waals surface area (Å²) in [6, 6.07) is 11.1. The number of nitrogens with zero attached hydrogens (tertiary/aromatic N) is 1. The molecule has 109 valence electrons. The summed E-state index contributed by atoms with van der Waals surface area (Å²) in [5.41, 5.74) is 3.50. The Bertz CT molecular complexity index is 829. The Morgan fingerprint density at radius 2 is 2.18 bits per heavy atom. The molecule has 0 fully saturated rings. The molecule has 0 bridgehead atoms. The van der Waals surface area contributed by atoms with Gasteiger partial charge in [0.05, 0.1) is 18.5 Å². The van der Waals surface area contributed by atoms with Crippen molar-refractivity contribution in [1.82, 2.24) is 9.97 Å². The van der Waals surface area contributed by atoms with Crippen LogP contribution in [0.15, 0.2) is 42.6 Å². The van der Waals surface area contributed by atoms with Crippen molar-refractivity contribution in [2.75, 3.05) is 5.32 Å². The van der Waals surface area contributed by atoms with Gasteiger partial charge >= 0.3 is 0 Å². The number of aromatic nitrogens is 2. The maximum Gasteiger partial charge on any atom is 0.255 e. The molecule has 2 heterocycles. The highest BCUT2D eigenvalue weighted by Crippen LogP contribution is 2.18. The maximum atomic E-state index is 12.4. The van der Waals surface area contributed by atoms with Gasteiger partial charge in [0.2, 0.25) is 0 Å². The van der Waals surface area contributed by atoms with Crippen LogP contribution in [0, 0.1) is 0 Å². The molecule has 1 amide bonds. The predicted molar refractivity (Wildman–Crippen MR) is 87.7 cm³/mol. The highest BCUT2D eigenvalue weighted by Gasteiger charge is 2.11. The number of fused-ring (bicyclic) bond motifs is 1. The average Bonchev–Trinajstić information content (AvgIpc) is 2.97. The Morgan fingerprint density at radius 1 is 1.36 bits per heavy atom. The highest BCUT2D eigenvalue weighted by molar-refractivity contribution is 6.54. The van der Waals surface area contributed by atoms with Crippen LogP contribution in [-0.2, 0) is 6.61 Å². The first-order chi connectivity index (χ1) is 10.7. The second-order valence-corrected chi connectivity index (χ2v) is 4.94. The fourth-order valence-corrected chi connectivity index (χ4v) is 2.38. The van der Waals surface area contributed by atoms with E-state index in [0.717, 1.165) is 10.8 Å². The predicted octanol–water partition coefficient (Wildman–Crippen LogP) is 1.69. The van der Waals surface area contributed by atoms with Crippen LogP contribution in [0.4, 0.5) is 5.69 Å². The molecule has 0 spiro atoms. The zero-order valence-corrected chi connectivity index (χ0v) is 12.1. The lowest BCUT2D eigenvalue weighted by atomic mass is 9.71. The Labute approximate surface area is 128 Å². The number of H-pyrrole nitrogens is 1. The van der Waals surface area contributed by atoms with Gasteiger partial charge in [-0.2, -0.15) is 0 Å². The molecular weight excluding hydrogens is 277 g/mol. The number of benzene rings is 1. The minimum absolute atomic E-state index is 0.0717. The van der Waals surface area contributed by atoms with E-state index in [1.807, 2.05) is 44.4 Å². The number of aromatic amines is 1. The molecule has 3 rings (SSSR count). The van der Waals surface area contributed by atoms with E-state index >= 15 is 0 Å². The van der Waals surface area contributed by atoms with E-state index in [4.69, 9.17) is 5.11 Å². The lowest BCUT2D eigenvalue weighted by molar-refractivity contribution is 0.102. The molecule has 0 aliphatic carbocycles. The van der Waals surface area contributed by atoms with Gasteiger partial charge < -0.3 is 15.4 Å². The standard InChI is InChI=1S/C16H15BN3O2/c1-17-14-5-3-2-4-13(14)16(22)20-11-6-10-7-12(9-21)19-15(10)18-8-11/h2-8,21H,9H2,1H3,(H,18,19)(H,20,22). The third-order valence-electron chi connectivity index (χ3n) is 3.47. The van der Waals surface area contributed by atoms with Crippen molar-refractivity contribution in [3.05, 3.63) is 53.9 Å². The molecule has 0 aliphatic rings. The van der Waals surface area contributed by atoms with E-state index in [9.17, 15) is 4.79 Å². The van der Waals surface area contributed by atoms with Crippen LogP contribution in [0.25, 0.3) is 11.0 Å². The number of carbonyl (C=O) groups excluding carboxylic acids is 1. The van der Waals surface area contributed by atoms with E-state index in [1.165, 1.54) is 0 Å². The average molecular weight is 292 g/mol. The zero-order valence-electron chi connectivity index (χ0n) is 12.1. The van der Waals surface area contributed by atoms with Crippen LogP contribution in [0.3, 0.4) is 0 Å². The van der Waals surface area contributed by atoms with Gasteiger partial charge in [0.25, 0.3) is 5.91 Å². The van der Waals surface area contributed by atoms with Crippen molar-refractivity contribution >= 4 is 35.4 Å². The maximum absolute atomic E-state index is 12.4. The van der Waals surface area contributed by atoms with Crippen molar-refractivity contribution in [3.8, 4) is 0 Å². The third kappa shape index (κ3) is 2.73. The number of carbonyl (C=O) groups is 1. The summed E-state index contributed by atoms with van der Waals surface area (Å²) in [5.74, 6) is -0.173. The first-order valence-electron chi connectivity index (χ1n) is 6.99. The number of pyridine rings is 1. The van der Waals surface area contributed by atoms with Crippen LogP contribution in [0.1, 0.15) is 16.1 Å². The molecule has 0 atom stereocenters. The first kappa shape index (κ1) is 14.3. The molecule has 6 heteroatoms. The monoisotopic (exact) mass is 292 g/mol. The van der Waals surface area contributed by atoms with E-state index in [1.54, 1.807) is 12.3 Å². The Morgan fingerprint density at radius 3 is 2.95 bits per heavy atom. The third-order valence-corrected chi connectivity index (χ3v) is 3.47. The van der Waals surface area contributed by atoms with E-state index in [-0.39, 0.29) is 12.5 Å². The summed E-state index contributed by atoms with van der Waals surface area (Å²) in [6.45, 7) is 1.83. The summed E-state index contributed by atoms with van der Waals surface area (Å²) in [4.78, 5) is 19.6. The highest BCUT2D eigenvalue weighted by atomic mass is 16.3. The van der Waals surface area contributed by atoms with E-state index < -0.39 is 0 Å². The molecule has 0 saturated heterocycles. The fourth-order valence-electron chi connectivity index (χ4n) is 2.38. The molecule has 0 saturated carbocycles. The number of anilines is 1. The van der Waals surface area contributed by atoms with Crippen LogP contribution < -0.4 is 10.8 Å². The molecule has 2 aromatic heterocycles. The SMILES string of the molecule is C[B]c1ccccc1C(=O)Nc1cnc2[nH]c(CO)cc2c1. The van der Waals surface area contributed by atoms with Crippen molar-refractivity contribution in [2.24, 2.45) is 0 Å². The Kier molecular flexibility index (Phi) is 3.93. The normalized spacial score (nSPS) is 10.6. The van der Waals surface area contributed by atoms with Crippen LogP contribution in [0.5, 0.6) is 0 Å². The number of nitrogens with one attached hydrogen (secondary N) is 2. The van der Waals surface area contributed by atoms with Gasteiger partial charge in [0, 0.05) is 16.6 Å². The zero-order chi connectivity index (χ0) is 15.5. The topological polar surface area (TPSA) is 78.0 Å². The fraction of sp³-hybridized carbons (Fsp3) is 0.125. The Balaban J connectivity index is 1.87. The minimum atomic E-state index is -0.173. The molecule has 5 nitrogen and oxygen atoms in total. The first-order valence-corrected chi connectivity index (χ1v) is 6.99. The molecule has 1 radical (unpaired) electrons. The smallest absolute Gasteiger partial charge is 0.255 e. The summed E-state index contributed by atoms with van der Waals surface area (Å²) in [5, 5.41) is 12.8. The van der Waals surface area contributed by atoms with E-state index in [0.29, 0.717) is 22.6 Å². The molecule has 1 aromatic carbocycles. The summed E-state index contributed by atoms with van der Waals surface area (Å²) in [6.07, 6.45) is 1.59.